The number of carbonyl (C=O) groups is 1. The minimum absolute atomic E-state index is 0.0927. The van der Waals surface area contributed by atoms with Gasteiger partial charge in [-0.05, 0) is 66.2 Å². The van der Waals surface area contributed by atoms with Crippen LogP contribution in [-0.4, -0.2) is 31.6 Å². The van der Waals surface area contributed by atoms with Gasteiger partial charge in [0.15, 0.2) is 0 Å². The Balaban J connectivity index is 1.38. The summed E-state index contributed by atoms with van der Waals surface area (Å²) in [6.45, 7) is 4.50. The summed E-state index contributed by atoms with van der Waals surface area (Å²) >= 11 is 3.54. The largest absolute Gasteiger partial charge is 0.352 e. The van der Waals surface area contributed by atoms with E-state index < -0.39 is 0 Å². The number of halogens is 1. The highest BCUT2D eigenvalue weighted by atomic mass is 79.9. The molecule has 4 rings (SSSR count). The number of rotatable bonds is 5. The molecule has 0 radical (unpaired) electrons. The number of imidazole rings is 1. The lowest BCUT2D eigenvalue weighted by Gasteiger charge is -2.07. The van der Waals surface area contributed by atoms with Crippen molar-refractivity contribution in [1.82, 2.24) is 24.5 Å². The number of carbonyl (C=O) groups excluding carboxylic acids is 1. The first-order valence-corrected chi connectivity index (χ1v) is 9.85. The van der Waals surface area contributed by atoms with Gasteiger partial charge in [0.05, 0.1) is 27.2 Å². The maximum absolute atomic E-state index is 12.4. The van der Waals surface area contributed by atoms with Gasteiger partial charge in [0, 0.05) is 30.9 Å². The van der Waals surface area contributed by atoms with Crippen molar-refractivity contribution >= 4 is 27.5 Å². The number of fused-ring (bicyclic) bond motifs is 1. The lowest BCUT2D eigenvalue weighted by Crippen LogP contribution is -2.25. The molecule has 1 amide bonds. The van der Waals surface area contributed by atoms with Gasteiger partial charge in [0.1, 0.15) is 5.65 Å². The van der Waals surface area contributed by atoms with Crippen molar-refractivity contribution in [3.8, 4) is 5.69 Å². The Kier molecular flexibility index (Phi) is 5.00. The number of amides is 1. The summed E-state index contributed by atoms with van der Waals surface area (Å²) in [7, 11) is 0. The molecule has 6 nitrogen and oxygen atoms in total. The smallest absolute Gasteiger partial charge is 0.251 e. The van der Waals surface area contributed by atoms with Crippen LogP contribution in [0.25, 0.3) is 11.3 Å². The molecule has 28 heavy (non-hydrogen) atoms. The summed E-state index contributed by atoms with van der Waals surface area (Å²) in [6.07, 6.45) is 4.64. The Labute approximate surface area is 171 Å². The lowest BCUT2D eigenvalue weighted by molar-refractivity contribution is 0.0954. The van der Waals surface area contributed by atoms with Gasteiger partial charge in [0.25, 0.3) is 5.91 Å². The number of benzene rings is 1. The number of hydrogen-bond donors (Lipinski definition) is 1. The van der Waals surface area contributed by atoms with Crippen LogP contribution in [0.5, 0.6) is 0 Å². The van der Waals surface area contributed by atoms with Gasteiger partial charge < -0.3 is 9.72 Å². The standard InChI is InChI=1S/C21H20BrN5O/c1-14-20(22)15(2)27(25-14)18-8-6-16(7-9-18)21(28)23-11-10-17-13-26-12-4-3-5-19(26)24-17/h3-9,12-13H,10-11H2,1-2H3,(H,23,28). The van der Waals surface area contributed by atoms with Gasteiger partial charge in [-0.1, -0.05) is 6.07 Å². The molecule has 0 fully saturated rings. The molecule has 0 aliphatic carbocycles. The van der Waals surface area contributed by atoms with Crippen LogP contribution in [0.2, 0.25) is 0 Å². The van der Waals surface area contributed by atoms with Gasteiger partial charge in [-0.15, -0.1) is 0 Å². The van der Waals surface area contributed by atoms with E-state index in [4.69, 9.17) is 0 Å². The summed E-state index contributed by atoms with van der Waals surface area (Å²) in [5.74, 6) is -0.0927. The van der Waals surface area contributed by atoms with Crippen LogP contribution in [0.4, 0.5) is 0 Å². The van der Waals surface area contributed by atoms with Crippen LogP contribution in [0.15, 0.2) is 59.3 Å². The summed E-state index contributed by atoms with van der Waals surface area (Å²) in [5.41, 5.74) is 5.38. The first-order chi connectivity index (χ1) is 13.5. The van der Waals surface area contributed by atoms with Crippen molar-refractivity contribution in [2.75, 3.05) is 6.54 Å². The number of aryl methyl sites for hydroxylation is 1. The Hall–Kier alpha value is -2.93. The van der Waals surface area contributed by atoms with Crippen molar-refractivity contribution in [3.05, 3.63) is 82.0 Å². The number of nitrogens with zero attached hydrogens (tertiary/aromatic N) is 4. The third-order valence-electron chi connectivity index (χ3n) is 4.66. The zero-order valence-corrected chi connectivity index (χ0v) is 17.3. The fourth-order valence-corrected chi connectivity index (χ4v) is 3.39. The van der Waals surface area contributed by atoms with Crippen LogP contribution in [0, 0.1) is 13.8 Å². The second kappa shape index (κ2) is 7.59. The van der Waals surface area contributed by atoms with Gasteiger partial charge in [0.2, 0.25) is 0 Å². The molecule has 0 unspecified atom stereocenters. The van der Waals surface area contributed by atoms with Crippen molar-refractivity contribution in [2.24, 2.45) is 0 Å². The van der Waals surface area contributed by atoms with E-state index in [0.717, 1.165) is 32.9 Å². The molecule has 0 atom stereocenters. The minimum atomic E-state index is -0.0927. The molecule has 1 aromatic carbocycles. The molecular weight excluding hydrogens is 418 g/mol. The quantitative estimate of drug-likeness (QED) is 0.515. The molecule has 0 spiro atoms. The lowest BCUT2D eigenvalue weighted by atomic mass is 10.2. The Morgan fingerprint density at radius 3 is 2.61 bits per heavy atom. The molecule has 0 aliphatic rings. The summed E-state index contributed by atoms with van der Waals surface area (Å²) in [6, 6.07) is 13.3. The van der Waals surface area contributed by atoms with Crippen LogP contribution >= 0.6 is 15.9 Å². The molecule has 0 saturated carbocycles. The van der Waals surface area contributed by atoms with E-state index >= 15 is 0 Å². The van der Waals surface area contributed by atoms with E-state index in [1.165, 1.54) is 0 Å². The fraction of sp³-hybridized carbons (Fsp3) is 0.190. The molecule has 7 heteroatoms. The zero-order valence-electron chi connectivity index (χ0n) is 15.7. The SMILES string of the molecule is Cc1nn(-c2ccc(C(=O)NCCc3cn4ccccc4n3)cc2)c(C)c1Br. The van der Waals surface area contributed by atoms with E-state index in [2.05, 4.69) is 31.3 Å². The Bertz CT molecular complexity index is 1110. The van der Waals surface area contributed by atoms with Gasteiger partial charge in [-0.3, -0.25) is 4.79 Å². The maximum Gasteiger partial charge on any atom is 0.251 e. The van der Waals surface area contributed by atoms with Crippen LogP contribution in [-0.2, 0) is 6.42 Å². The first kappa shape index (κ1) is 18.4. The summed E-state index contributed by atoms with van der Waals surface area (Å²) < 4.78 is 4.85. The molecule has 0 saturated heterocycles. The molecule has 0 bridgehead atoms. The van der Waals surface area contributed by atoms with Gasteiger partial charge in [-0.25, -0.2) is 9.67 Å². The molecule has 142 valence electrons. The van der Waals surface area contributed by atoms with Crippen LogP contribution in [0.3, 0.4) is 0 Å². The van der Waals surface area contributed by atoms with Gasteiger partial charge >= 0.3 is 0 Å². The highest BCUT2D eigenvalue weighted by molar-refractivity contribution is 9.10. The average Bonchev–Trinajstić information content (AvgIpc) is 3.24. The first-order valence-electron chi connectivity index (χ1n) is 9.06. The van der Waals surface area contributed by atoms with E-state index in [0.29, 0.717) is 18.5 Å². The number of hydrogen-bond acceptors (Lipinski definition) is 3. The second-order valence-electron chi connectivity index (χ2n) is 6.65. The molecule has 1 N–H and O–H groups in total. The van der Waals surface area contributed by atoms with Gasteiger partial charge in [-0.2, -0.15) is 5.10 Å². The topological polar surface area (TPSA) is 64.2 Å². The monoisotopic (exact) mass is 437 g/mol. The fourth-order valence-electron chi connectivity index (χ4n) is 3.14. The number of aromatic nitrogens is 4. The van der Waals surface area contributed by atoms with Crippen molar-refractivity contribution < 1.29 is 4.79 Å². The second-order valence-corrected chi connectivity index (χ2v) is 7.44. The molecule has 0 aliphatic heterocycles. The normalized spacial score (nSPS) is 11.1. The predicted molar refractivity (Wildman–Crippen MR) is 112 cm³/mol. The average molecular weight is 438 g/mol. The van der Waals surface area contributed by atoms with Crippen molar-refractivity contribution in [3.63, 3.8) is 0 Å². The molecular formula is C21H20BrN5O. The minimum Gasteiger partial charge on any atom is -0.352 e. The maximum atomic E-state index is 12.4. The number of nitrogens with one attached hydrogen (secondary N) is 1. The van der Waals surface area contributed by atoms with E-state index in [-0.39, 0.29) is 5.91 Å². The summed E-state index contributed by atoms with van der Waals surface area (Å²) in [4.78, 5) is 17.0. The van der Waals surface area contributed by atoms with E-state index in [1.54, 1.807) is 0 Å². The van der Waals surface area contributed by atoms with Crippen molar-refractivity contribution in [1.29, 1.82) is 0 Å². The van der Waals surface area contributed by atoms with Crippen LogP contribution < -0.4 is 5.32 Å². The molecule has 3 aromatic heterocycles. The molecule has 3 heterocycles. The summed E-state index contributed by atoms with van der Waals surface area (Å²) in [5, 5.41) is 7.47. The molecule has 4 aromatic rings. The number of pyridine rings is 1. The highest BCUT2D eigenvalue weighted by Crippen LogP contribution is 2.23. The van der Waals surface area contributed by atoms with Crippen molar-refractivity contribution in [2.45, 2.75) is 20.3 Å². The van der Waals surface area contributed by atoms with E-state index in [1.807, 2.05) is 77.8 Å². The highest BCUT2D eigenvalue weighted by Gasteiger charge is 2.11. The van der Waals surface area contributed by atoms with E-state index in [9.17, 15) is 4.79 Å². The predicted octanol–water partition coefficient (Wildman–Crippen LogP) is 3.87. The third kappa shape index (κ3) is 3.57. The third-order valence-corrected chi connectivity index (χ3v) is 5.81. The zero-order chi connectivity index (χ0) is 19.7. The Morgan fingerprint density at radius 1 is 1.14 bits per heavy atom. The van der Waals surface area contributed by atoms with Crippen LogP contribution in [0.1, 0.15) is 27.4 Å². The Morgan fingerprint density at radius 2 is 1.93 bits per heavy atom.